The van der Waals surface area contributed by atoms with Crippen LogP contribution in [-0.4, -0.2) is 29.5 Å². The molecule has 1 N–H and O–H groups in total. The molecule has 0 aliphatic rings. The van der Waals surface area contributed by atoms with Gasteiger partial charge in [0, 0.05) is 19.3 Å². The molecule has 0 fully saturated rings. The molecule has 0 radical (unpaired) electrons. The standard InChI is InChI=1S/C15H18N4O/c1-4-19(13-8-6-5-7-11(13)2)15(20)12-9-17-10-14(16-3)18-12/h5-10H,4H2,1-3H3,(H,16,18). The zero-order chi connectivity index (χ0) is 14.5. The minimum Gasteiger partial charge on any atom is -0.372 e. The SMILES string of the molecule is CCN(C(=O)c1cncc(NC)n1)c1ccccc1C. The van der Waals surface area contributed by atoms with Crippen molar-refractivity contribution in [2.24, 2.45) is 0 Å². The van der Waals surface area contributed by atoms with Gasteiger partial charge in [-0.2, -0.15) is 0 Å². The maximum absolute atomic E-state index is 12.6. The molecule has 0 aliphatic heterocycles. The van der Waals surface area contributed by atoms with Gasteiger partial charge < -0.3 is 10.2 Å². The first kappa shape index (κ1) is 14.0. The van der Waals surface area contributed by atoms with Crippen LogP contribution in [0.2, 0.25) is 0 Å². The van der Waals surface area contributed by atoms with E-state index in [4.69, 9.17) is 0 Å². The minimum atomic E-state index is -0.147. The van der Waals surface area contributed by atoms with E-state index < -0.39 is 0 Å². The molecule has 0 saturated heterocycles. The van der Waals surface area contributed by atoms with Crippen LogP contribution in [0.4, 0.5) is 11.5 Å². The molecular formula is C15H18N4O. The van der Waals surface area contributed by atoms with Gasteiger partial charge in [0.1, 0.15) is 11.5 Å². The quantitative estimate of drug-likeness (QED) is 0.927. The fraction of sp³-hybridized carbons (Fsp3) is 0.267. The molecule has 0 saturated carbocycles. The van der Waals surface area contributed by atoms with Gasteiger partial charge in [-0.25, -0.2) is 4.98 Å². The molecule has 5 heteroatoms. The van der Waals surface area contributed by atoms with Crippen LogP contribution in [0.25, 0.3) is 0 Å². The average Bonchev–Trinajstić information content (AvgIpc) is 2.49. The number of nitrogens with one attached hydrogen (secondary N) is 1. The molecule has 0 spiro atoms. The molecule has 0 bridgehead atoms. The molecule has 0 unspecified atom stereocenters. The molecule has 2 rings (SSSR count). The normalized spacial score (nSPS) is 10.2. The highest BCUT2D eigenvalue weighted by Gasteiger charge is 2.19. The van der Waals surface area contributed by atoms with Crippen LogP contribution in [0, 0.1) is 6.92 Å². The van der Waals surface area contributed by atoms with Crippen molar-refractivity contribution in [1.82, 2.24) is 9.97 Å². The van der Waals surface area contributed by atoms with Crippen molar-refractivity contribution in [3.63, 3.8) is 0 Å². The van der Waals surface area contributed by atoms with Gasteiger partial charge in [0.05, 0.1) is 12.4 Å². The Morgan fingerprint density at radius 1 is 1.30 bits per heavy atom. The molecule has 1 aromatic heterocycles. The number of hydrogen-bond donors (Lipinski definition) is 1. The number of nitrogens with zero attached hydrogens (tertiary/aromatic N) is 3. The fourth-order valence-electron chi connectivity index (χ4n) is 2.02. The summed E-state index contributed by atoms with van der Waals surface area (Å²) < 4.78 is 0. The van der Waals surface area contributed by atoms with Crippen molar-refractivity contribution in [1.29, 1.82) is 0 Å². The van der Waals surface area contributed by atoms with Crippen molar-refractivity contribution in [3.05, 3.63) is 47.9 Å². The van der Waals surface area contributed by atoms with Gasteiger partial charge in [0.15, 0.2) is 0 Å². The molecule has 0 aliphatic carbocycles. The summed E-state index contributed by atoms with van der Waals surface area (Å²) in [7, 11) is 1.75. The monoisotopic (exact) mass is 270 g/mol. The molecule has 1 amide bonds. The Hall–Kier alpha value is -2.43. The summed E-state index contributed by atoms with van der Waals surface area (Å²) in [5, 5.41) is 2.89. The summed E-state index contributed by atoms with van der Waals surface area (Å²) >= 11 is 0. The number of para-hydroxylation sites is 1. The van der Waals surface area contributed by atoms with Crippen molar-refractivity contribution < 1.29 is 4.79 Å². The summed E-state index contributed by atoms with van der Waals surface area (Å²) in [5.74, 6) is 0.433. The predicted molar refractivity (Wildman–Crippen MR) is 80.1 cm³/mol. The second-order valence-electron chi connectivity index (χ2n) is 4.38. The van der Waals surface area contributed by atoms with Gasteiger partial charge in [-0.15, -0.1) is 0 Å². The Balaban J connectivity index is 2.36. The first-order valence-corrected chi connectivity index (χ1v) is 6.54. The number of aromatic nitrogens is 2. The lowest BCUT2D eigenvalue weighted by Gasteiger charge is -2.22. The molecule has 20 heavy (non-hydrogen) atoms. The maximum atomic E-state index is 12.6. The number of hydrogen-bond acceptors (Lipinski definition) is 4. The number of benzene rings is 1. The van der Waals surface area contributed by atoms with E-state index in [0.717, 1.165) is 11.3 Å². The van der Waals surface area contributed by atoms with Crippen LogP contribution in [0.5, 0.6) is 0 Å². The van der Waals surface area contributed by atoms with Gasteiger partial charge in [-0.05, 0) is 25.5 Å². The average molecular weight is 270 g/mol. The third-order valence-electron chi connectivity index (χ3n) is 3.08. The number of carbonyl (C=O) groups excluding carboxylic acids is 1. The molecule has 1 aromatic carbocycles. The van der Waals surface area contributed by atoms with Crippen LogP contribution in [-0.2, 0) is 0 Å². The van der Waals surface area contributed by atoms with Crippen molar-refractivity contribution in [2.45, 2.75) is 13.8 Å². The van der Waals surface area contributed by atoms with Crippen LogP contribution in [0.3, 0.4) is 0 Å². The molecule has 5 nitrogen and oxygen atoms in total. The summed E-state index contributed by atoms with van der Waals surface area (Å²) in [6.45, 7) is 4.51. The first-order valence-electron chi connectivity index (χ1n) is 6.54. The highest BCUT2D eigenvalue weighted by Crippen LogP contribution is 2.21. The first-order chi connectivity index (χ1) is 9.67. The van der Waals surface area contributed by atoms with Crippen LogP contribution in [0.15, 0.2) is 36.7 Å². The summed E-state index contributed by atoms with van der Waals surface area (Å²) in [4.78, 5) is 22.6. The molecule has 2 aromatic rings. The number of carbonyl (C=O) groups is 1. The van der Waals surface area contributed by atoms with E-state index in [0.29, 0.717) is 18.1 Å². The van der Waals surface area contributed by atoms with Gasteiger partial charge in [0.2, 0.25) is 0 Å². The smallest absolute Gasteiger partial charge is 0.278 e. The fourth-order valence-corrected chi connectivity index (χ4v) is 2.02. The lowest BCUT2D eigenvalue weighted by molar-refractivity contribution is 0.0983. The van der Waals surface area contributed by atoms with E-state index in [9.17, 15) is 4.79 Å². The van der Waals surface area contributed by atoms with Crippen LogP contribution in [0.1, 0.15) is 23.0 Å². The third kappa shape index (κ3) is 2.77. The highest BCUT2D eigenvalue weighted by molar-refractivity contribution is 6.05. The maximum Gasteiger partial charge on any atom is 0.278 e. The van der Waals surface area contributed by atoms with E-state index in [2.05, 4.69) is 15.3 Å². The molecular weight excluding hydrogens is 252 g/mol. The number of aryl methyl sites for hydroxylation is 1. The number of amides is 1. The Morgan fingerprint density at radius 2 is 2.05 bits per heavy atom. The van der Waals surface area contributed by atoms with Crippen LogP contribution >= 0.6 is 0 Å². The van der Waals surface area contributed by atoms with Gasteiger partial charge >= 0.3 is 0 Å². The lowest BCUT2D eigenvalue weighted by atomic mass is 10.1. The van der Waals surface area contributed by atoms with Crippen molar-refractivity contribution in [3.8, 4) is 0 Å². The number of anilines is 2. The summed E-state index contributed by atoms with van der Waals surface area (Å²) in [5.41, 5.74) is 2.29. The summed E-state index contributed by atoms with van der Waals surface area (Å²) in [6, 6.07) is 7.81. The second-order valence-corrected chi connectivity index (χ2v) is 4.38. The summed E-state index contributed by atoms with van der Waals surface area (Å²) in [6.07, 6.45) is 3.07. The van der Waals surface area contributed by atoms with Crippen molar-refractivity contribution in [2.75, 3.05) is 23.8 Å². The van der Waals surface area contributed by atoms with E-state index >= 15 is 0 Å². The van der Waals surface area contributed by atoms with E-state index in [1.54, 1.807) is 18.1 Å². The van der Waals surface area contributed by atoms with Gasteiger partial charge in [-0.1, -0.05) is 18.2 Å². The second kappa shape index (κ2) is 6.14. The topological polar surface area (TPSA) is 58.1 Å². The van der Waals surface area contributed by atoms with E-state index in [1.807, 2.05) is 38.1 Å². The Bertz CT molecular complexity index is 612. The Morgan fingerprint density at radius 3 is 2.70 bits per heavy atom. The predicted octanol–water partition coefficient (Wildman–Crippen LogP) is 2.49. The molecule has 104 valence electrons. The zero-order valence-electron chi connectivity index (χ0n) is 11.9. The van der Waals surface area contributed by atoms with E-state index in [1.165, 1.54) is 6.20 Å². The molecule has 0 atom stereocenters. The zero-order valence-corrected chi connectivity index (χ0v) is 11.9. The third-order valence-corrected chi connectivity index (χ3v) is 3.08. The highest BCUT2D eigenvalue weighted by atomic mass is 16.2. The molecule has 1 heterocycles. The van der Waals surface area contributed by atoms with E-state index in [-0.39, 0.29) is 5.91 Å². The largest absolute Gasteiger partial charge is 0.372 e. The van der Waals surface area contributed by atoms with Crippen molar-refractivity contribution >= 4 is 17.4 Å². The lowest BCUT2D eigenvalue weighted by Crippen LogP contribution is -2.32. The number of rotatable bonds is 4. The van der Waals surface area contributed by atoms with Gasteiger partial charge in [0.25, 0.3) is 5.91 Å². The van der Waals surface area contributed by atoms with Crippen LogP contribution < -0.4 is 10.2 Å². The van der Waals surface area contributed by atoms with Gasteiger partial charge in [-0.3, -0.25) is 9.78 Å². The Labute approximate surface area is 118 Å². The minimum absolute atomic E-state index is 0.147. The Kier molecular flexibility index (Phi) is 4.30.